The maximum Gasteiger partial charge on any atom is 0.305 e. The largest absolute Gasteiger partial charge is 0.466 e. The Kier molecular flexibility index (Phi) is 61.5. The summed E-state index contributed by atoms with van der Waals surface area (Å²) < 4.78 is 5.47. The quantitative estimate of drug-likeness (QED) is 0.0320. The normalized spacial score (nSPS) is 12.9. The lowest BCUT2D eigenvalue weighted by Crippen LogP contribution is -2.45. The number of amides is 1. The van der Waals surface area contributed by atoms with Crippen LogP contribution in [0.15, 0.2) is 48.6 Å². The predicted octanol–water partition coefficient (Wildman–Crippen LogP) is 20.9. The first-order valence-electron chi connectivity index (χ1n) is 32.9. The van der Waals surface area contributed by atoms with Crippen LogP contribution in [0.25, 0.3) is 0 Å². The molecule has 2 unspecified atom stereocenters. The summed E-state index contributed by atoms with van der Waals surface area (Å²) in [6.07, 6.45) is 81.6. The van der Waals surface area contributed by atoms with Crippen molar-refractivity contribution < 1.29 is 24.5 Å². The highest BCUT2D eigenvalue weighted by atomic mass is 16.5. The number of rotatable bonds is 61. The average Bonchev–Trinajstić information content (AvgIpc) is 3.40. The molecule has 0 aromatic rings. The third-order valence-electron chi connectivity index (χ3n) is 15.1. The Morgan fingerprint density at radius 2 is 0.689 bits per heavy atom. The van der Waals surface area contributed by atoms with E-state index in [0.29, 0.717) is 19.4 Å². The highest BCUT2D eigenvalue weighted by Crippen LogP contribution is 2.17. The van der Waals surface area contributed by atoms with Crippen molar-refractivity contribution in [1.82, 2.24) is 5.32 Å². The van der Waals surface area contributed by atoms with Gasteiger partial charge in [0.2, 0.25) is 5.91 Å². The number of aliphatic hydroxyl groups is 2. The molecule has 3 N–H and O–H groups in total. The summed E-state index contributed by atoms with van der Waals surface area (Å²) in [5.41, 5.74) is 0. The monoisotopic (exact) mass is 1040 g/mol. The number of hydrogen-bond donors (Lipinski definition) is 3. The first-order valence-corrected chi connectivity index (χ1v) is 32.9. The second-order valence-electron chi connectivity index (χ2n) is 22.4. The number of hydrogen-bond acceptors (Lipinski definition) is 5. The van der Waals surface area contributed by atoms with Gasteiger partial charge >= 0.3 is 5.97 Å². The van der Waals surface area contributed by atoms with Gasteiger partial charge in [0.05, 0.1) is 25.4 Å². The summed E-state index contributed by atoms with van der Waals surface area (Å²) in [6, 6.07) is -0.631. The minimum atomic E-state index is -0.848. The lowest BCUT2D eigenvalue weighted by Gasteiger charge is -2.20. The zero-order chi connectivity index (χ0) is 53.6. The number of esters is 1. The number of carbonyl (C=O) groups excluding carboxylic acids is 2. The number of nitrogens with one attached hydrogen (secondary N) is 1. The molecule has 74 heavy (non-hydrogen) atoms. The molecule has 6 nitrogen and oxygen atoms in total. The standard InChI is InChI=1S/C68H127NO5/c1-3-5-7-9-11-13-15-17-19-20-30-33-36-40-44-48-52-56-60-66(71)65(64-70)69-67(72)61-57-53-49-45-41-37-34-31-28-26-24-22-21-23-25-27-29-32-35-39-43-47-51-55-59-63-74-68(73)62-58-54-50-46-42-38-18-16-14-12-10-8-6-4-2/h10,12,16,18,22,24,56,60,65-66,70-71H,3-9,11,13-15,17,19-21,23,25-55,57-59,61-64H2,1-2H3,(H,69,72)/b12-10-,18-16-,24-22-,60-56+. The molecule has 434 valence electrons. The molecule has 1 amide bonds. The van der Waals surface area contributed by atoms with Crippen LogP contribution in [0.3, 0.4) is 0 Å². The van der Waals surface area contributed by atoms with E-state index in [1.807, 2.05) is 6.08 Å². The maximum atomic E-state index is 12.5. The molecule has 0 heterocycles. The van der Waals surface area contributed by atoms with E-state index in [1.54, 1.807) is 6.08 Å². The molecular formula is C68H127NO5. The summed E-state index contributed by atoms with van der Waals surface area (Å²) in [5, 5.41) is 23.2. The Balaban J connectivity index is 3.43. The second kappa shape index (κ2) is 63.4. The molecule has 0 rings (SSSR count). The van der Waals surface area contributed by atoms with Gasteiger partial charge in [-0.2, -0.15) is 0 Å². The van der Waals surface area contributed by atoms with E-state index in [0.717, 1.165) is 51.4 Å². The van der Waals surface area contributed by atoms with Crippen molar-refractivity contribution in [2.24, 2.45) is 0 Å². The molecule has 0 radical (unpaired) electrons. The zero-order valence-corrected chi connectivity index (χ0v) is 49.6. The van der Waals surface area contributed by atoms with Gasteiger partial charge in [0.1, 0.15) is 0 Å². The Bertz CT molecular complexity index is 1240. The van der Waals surface area contributed by atoms with Gasteiger partial charge in [-0.15, -0.1) is 0 Å². The van der Waals surface area contributed by atoms with E-state index in [1.165, 1.54) is 270 Å². The zero-order valence-electron chi connectivity index (χ0n) is 49.6. The van der Waals surface area contributed by atoms with Crippen LogP contribution < -0.4 is 5.32 Å². The highest BCUT2D eigenvalue weighted by Gasteiger charge is 2.18. The molecular weight excluding hydrogens is 911 g/mol. The molecule has 0 aromatic carbocycles. The highest BCUT2D eigenvalue weighted by molar-refractivity contribution is 5.76. The molecule has 0 aliphatic rings. The molecule has 0 saturated carbocycles. The molecule has 0 aliphatic heterocycles. The van der Waals surface area contributed by atoms with Crippen LogP contribution in [0.5, 0.6) is 0 Å². The number of unbranched alkanes of at least 4 members (excludes halogenated alkanes) is 44. The molecule has 0 bridgehead atoms. The SMILES string of the molecule is CCCC/C=C\C/C=C\CCCCCCCC(=O)OCCCCCCCCCCCCCC/C=C\CCCCCCCCCCCC(=O)NC(CO)C(O)/C=C/CCCCCCCCCCCCCCCCCC. The number of carbonyl (C=O) groups is 2. The van der Waals surface area contributed by atoms with Gasteiger partial charge in [-0.05, 0) is 83.5 Å². The van der Waals surface area contributed by atoms with Gasteiger partial charge in [-0.3, -0.25) is 9.59 Å². The van der Waals surface area contributed by atoms with Crippen LogP contribution in [0.2, 0.25) is 0 Å². The van der Waals surface area contributed by atoms with Crippen molar-refractivity contribution in [1.29, 1.82) is 0 Å². The van der Waals surface area contributed by atoms with Crippen LogP contribution in [0, 0.1) is 0 Å². The number of allylic oxidation sites excluding steroid dienone is 7. The van der Waals surface area contributed by atoms with E-state index >= 15 is 0 Å². The van der Waals surface area contributed by atoms with Crippen molar-refractivity contribution in [3.05, 3.63) is 48.6 Å². The fraction of sp³-hybridized carbons (Fsp3) is 0.853. The third kappa shape index (κ3) is 59.1. The number of ether oxygens (including phenoxy) is 1. The second-order valence-corrected chi connectivity index (χ2v) is 22.4. The molecule has 6 heteroatoms. The van der Waals surface area contributed by atoms with E-state index in [4.69, 9.17) is 4.74 Å². The van der Waals surface area contributed by atoms with Gasteiger partial charge in [0.15, 0.2) is 0 Å². The predicted molar refractivity (Wildman–Crippen MR) is 324 cm³/mol. The van der Waals surface area contributed by atoms with Crippen molar-refractivity contribution in [2.75, 3.05) is 13.2 Å². The lowest BCUT2D eigenvalue weighted by atomic mass is 10.0. The molecule has 0 fully saturated rings. The van der Waals surface area contributed by atoms with Crippen LogP contribution in [0.4, 0.5) is 0 Å². The van der Waals surface area contributed by atoms with Crippen LogP contribution in [-0.4, -0.2) is 47.4 Å². The Hall–Kier alpha value is -2.18. The van der Waals surface area contributed by atoms with E-state index in [2.05, 4.69) is 55.6 Å². The Morgan fingerprint density at radius 1 is 0.378 bits per heavy atom. The molecule has 2 atom stereocenters. The topological polar surface area (TPSA) is 95.9 Å². The smallest absolute Gasteiger partial charge is 0.305 e. The first kappa shape index (κ1) is 71.8. The summed E-state index contributed by atoms with van der Waals surface area (Å²) in [5.74, 6) is -0.0710. The van der Waals surface area contributed by atoms with Gasteiger partial charge in [0.25, 0.3) is 0 Å². The van der Waals surface area contributed by atoms with Crippen LogP contribution in [0.1, 0.15) is 348 Å². The van der Waals surface area contributed by atoms with Gasteiger partial charge in [0, 0.05) is 12.8 Å². The maximum absolute atomic E-state index is 12.5. The minimum absolute atomic E-state index is 0.00175. The van der Waals surface area contributed by atoms with Gasteiger partial charge in [-0.25, -0.2) is 0 Å². The summed E-state index contributed by atoms with van der Waals surface area (Å²) in [4.78, 5) is 24.5. The van der Waals surface area contributed by atoms with E-state index in [9.17, 15) is 19.8 Å². The van der Waals surface area contributed by atoms with Crippen molar-refractivity contribution in [3.8, 4) is 0 Å². The fourth-order valence-corrected chi connectivity index (χ4v) is 10.00. The third-order valence-corrected chi connectivity index (χ3v) is 15.1. The van der Waals surface area contributed by atoms with E-state index < -0.39 is 12.1 Å². The van der Waals surface area contributed by atoms with Gasteiger partial charge < -0.3 is 20.3 Å². The lowest BCUT2D eigenvalue weighted by molar-refractivity contribution is -0.143. The minimum Gasteiger partial charge on any atom is -0.466 e. The molecule has 0 aliphatic carbocycles. The van der Waals surface area contributed by atoms with E-state index in [-0.39, 0.29) is 18.5 Å². The molecule has 0 aromatic heterocycles. The summed E-state index contributed by atoms with van der Waals surface area (Å²) in [6.45, 7) is 4.87. The summed E-state index contributed by atoms with van der Waals surface area (Å²) in [7, 11) is 0. The molecule has 0 saturated heterocycles. The number of aliphatic hydroxyl groups excluding tert-OH is 2. The van der Waals surface area contributed by atoms with Crippen LogP contribution in [-0.2, 0) is 14.3 Å². The van der Waals surface area contributed by atoms with Crippen molar-refractivity contribution in [2.45, 2.75) is 360 Å². The van der Waals surface area contributed by atoms with Crippen molar-refractivity contribution >= 4 is 11.9 Å². The Morgan fingerprint density at radius 3 is 1.08 bits per heavy atom. The average molecular weight is 1040 g/mol. The molecule has 0 spiro atoms. The fourth-order valence-electron chi connectivity index (χ4n) is 10.00. The van der Waals surface area contributed by atoms with Gasteiger partial charge in [-0.1, -0.05) is 300 Å². The Labute approximate surface area is 461 Å². The van der Waals surface area contributed by atoms with Crippen LogP contribution >= 0.6 is 0 Å². The van der Waals surface area contributed by atoms with Crippen molar-refractivity contribution in [3.63, 3.8) is 0 Å². The first-order chi connectivity index (χ1) is 36.5. The summed E-state index contributed by atoms with van der Waals surface area (Å²) >= 11 is 0.